The number of nitrogens with one attached hydrogen (secondary N) is 1. The number of carbonyl (C=O) groups excluding carboxylic acids is 3. The number of carbonyl (C=O) groups is 4. The van der Waals surface area contributed by atoms with Crippen molar-refractivity contribution < 1.29 is 29.0 Å². The van der Waals surface area contributed by atoms with Crippen molar-refractivity contribution >= 4 is 41.0 Å². The van der Waals surface area contributed by atoms with Gasteiger partial charge in [-0.15, -0.1) is 0 Å². The van der Waals surface area contributed by atoms with Crippen molar-refractivity contribution in [1.29, 1.82) is 0 Å². The highest BCUT2D eigenvalue weighted by Crippen LogP contribution is 2.36. The van der Waals surface area contributed by atoms with Gasteiger partial charge in [-0.1, -0.05) is 36.6 Å². The lowest BCUT2D eigenvalue weighted by atomic mass is 9.78. The normalized spacial score (nSPS) is 19.9. The molecule has 2 aromatic rings. The van der Waals surface area contributed by atoms with Crippen LogP contribution in [0.2, 0.25) is 5.02 Å². The summed E-state index contributed by atoms with van der Waals surface area (Å²) in [6, 6.07) is 9.32. The predicted octanol–water partition coefficient (Wildman–Crippen LogP) is 4.09. The van der Waals surface area contributed by atoms with Crippen LogP contribution in [0.1, 0.15) is 56.8 Å². The van der Waals surface area contributed by atoms with Crippen LogP contribution in [-0.2, 0) is 4.79 Å². The first-order valence-corrected chi connectivity index (χ1v) is 11.1. The maximum Gasteiger partial charge on any atom is 0.339 e. The van der Waals surface area contributed by atoms with Gasteiger partial charge < -0.3 is 15.2 Å². The monoisotopic (exact) mass is 470 g/mol. The summed E-state index contributed by atoms with van der Waals surface area (Å²) >= 11 is 6.22. The molecule has 172 valence electrons. The fourth-order valence-electron chi connectivity index (χ4n) is 4.62. The second kappa shape index (κ2) is 9.23. The van der Waals surface area contributed by atoms with E-state index in [1.165, 1.54) is 24.1 Å². The smallest absolute Gasteiger partial charge is 0.339 e. The lowest BCUT2D eigenvalue weighted by Gasteiger charge is -2.33. The van der Waals surface area contributed by atoms with Gasteiger partial charge in [-0.25, -0.2) is 4.79 Å². The van der Waals surface area contributed by atoms with Crippen LogP contribution >= 0.6 is 11.6 Å². The van der Waals surface area contributed by atoms with E-state index in [1.54, 1.807) is 24.3 Å². The summed E-state index contributed by atoms with van der Waals surface area (Å²) in [4.78, 5) is 51.3. The molecule has 0 aromatic heterocycles. The van der Waals surface area contributed by atoms with E-state index < -0.39 is 11.9 Å². The molecule has 9 heteroatoms. The average Bonchev–Trinajstić information content (AvgIpc) is 3.05. The second-order valence-corrected chi connectivity index (χ2v) is 8.65. The van der Waals surface area contributed by atoms with Gasteiger partial charge in [0.25, 0.3) is 11.8 Å². The Morgan fingerprint density at radius 3 is 2.36 bits per heavy atom. The van der Waals surface area contributed by atoms with Crippen LogP contribution in [0.3, 0.4) is 0 Å². The second-order valence-electron chi connectivity index (χ2n) is 8.24. The first-order valence-electron chi connectivity index (χ1n) is 10.7. The first-order chi connectivity index (χ1) is 15.8. The Kier molecular flexibility index (Phi) is 6.37. The number of aromatic carboxylic acids is 1. The number of hydrogen-bond donors (Lipinski definition) is 2. The highest BCUT2D eigenvalue weighted by Gasteiger charge is 2.40. The molecular formula is C24H23ClN2O6. The topological polar surface area (TPSA) is 113 Å². The Morgan fingerprint density at radius 2 is 1.76 bits per heavy atom. The van der Waals surface area contributed by atoms with Gasteiger partial charge in [0.15, 0.2) is 0 Å². The number of ether oxygens (including phenoxy) is 1. The average molecular weight is 471 g/mol. The Morgan fingerprint density at radius 1 is 1.12 bits per heavy atom. The SMILES string of the molecule is COc1cc(NC(=O)C2CCCCC2CN2C(=O)c3ccccc3C2=O)c(Cl)cc1C(=O)O. The summed E-state index contributed by atoms with van der Waals surface area (Å²) in [7, 11) is 1.33. The summed E-state index contributed by atoms with van der Waals surface area (Å²) in [6.07, 6.45) is 3.08. The van der Waals surface area contributed by atoms with Gasteiger partial charge >= 0.3 is 5.97 Å². The van der Waals surface area contributed by atoms with Crippen LogP contribution in [0.15, 0.2) is 36.4 Å². The number of nitrogens with zero attached hydrogens (tertiary/aromatic N) is 1. The number of fused-ring (bicyclic) bond motifs is 1. The van der Waals surface area contributed by atoms with E-state index in [9.17, 15) is 24.3 Å². The van der Waals surface area contributed by atoms with Crippen molar-refractivity contribution in [3.63, 3.8) is 0 Å². The molecule has 3 amide bonds. The molecule has 1 aliphatic carbocycles. The standard InChI is InChI=1S/C24H23ClN2O6/c1-33-20-11-19(18(25)10-17(20)24(31)32)26-21(28)14-7-3-2-6-13(14)12-27-22(29)15-8-4-5-9-16(15)23(27)30/h4-5,8-11,13-14H,2-3,6-7,12H2,1H3,(H,26,28)(H,31,32). The Labute approximate surface area is 195 Å². The molecule has 1 saturated carbocycles. The number of hydrogen-bond acceptors (Lipinski definition) is 5. The van der Waals surface area contributed by atoms with Crippen molar-refractivity contribution in [2.75, 3.05) is 19.0 Å². The van der Waals surface area contributed by atoms with Gasteiger partial charge in [0.2, 0.25) is 5.91 Å². The third-order valence-electron chi connectivity index (χ3n) is 6.32. The van der Waals surface area contributed by atoms with E-state index in [0.717, 1.165) is 12.8 Å². The number of halogens is 1. The van der Waals surface area contributed by atoms with Crippen molar-refractivity contribution in [1.82, 2.24) is 4.90 Å². The number of rotatable bonds is 6. The lowest BCUT2D eigenvalue weighted by Crippen LogP contribution is -2.41. The Bertz CT molecular complexity index is 1110. The molecule has 0 bridgehead atoms. The Balaban J connectivity index is 1.52. The van der Waals surface area contributed by atoms with Crippen molar-refractivity contribution in [3.05, 3.63) is 58.1 Å². The third kappa shape index (κ3) is 4.30. The van der Waals surface area contributed by atoms with Gasteiger partial charge in [-0.3, -0.25) is 19.3 Å². The van der Waals surface area contributed by atoms with Crippen LogP contribution in [0, 0.1) is 11.8 Å². The number of benzene rings is 2. The number of methoxy groups -OCH3 is 1. The molecule has 2 aromatic carbocycles. The maximum atomic E-state index is 13.2. The molecule has 1 fully saturated rings. The predicted molar refractivity (Wildman–Crippen MR) is 121 cm³/mol. The van der Waals surface area contributed by atoms with Crippen LogP contribution < -0.4 is 10.1 Å². The number of imide groups is 1. The summed E-state index contributed by atoms with van der Waals surface area (Å²) in [6.45, 7) is 0.166. The van der Waals surface area contributed by atoms with Gasteiger partial charge in [-0.05, 0) is 37.0 Å². The maximum absolute atomic E-state index is 13.2. The minimum atomic E-state index is -1.19. The number of anilines is 1. The van der Waals surface area contributed by atoms with E-state index in [4.69, 9.17) is 16.3 Å². The fourth-order valence-corrected chi connectivity index (χ4v) is 4.83. The van der Waals surface area contributed by atoms with E-state index in [1.807, 2.05) is 0 Å². The lowest BCUT2D eigenvalue weighted by molar-refractivity contribution is -0.122. The molecule has 2 atom stereocenters. The summed E-state index contributed by atoms with van der Waals surface area (Å²) in [5.41, 5.74) is 0.906. The molecule has 8 nitrogen and oxygen atoms in total. The summed E-state index contributed by atoms with van der Waals surface area (Å²) in [5, 5.41) is 12.2. The van der Waals surface area contributed by atoms with Crippen molar-refractivity contribution in [2.24, 2.45) is 11.8 Å². The summed E-state index contributed by atoms with van der Waals surface area (Å²) in [5.74, 6) is -2.70. The van der Waals surface area contributed by atoms with E-state index in [-0.39, 0.29) is 52.2 Å². The quantitative estimate of drug-likeness (QED) is 0.615. The van der Waals surface area contributed by atoms with Crippen LogP contribution in [0.4, 0.5) is 5.69 Å². The van der Waals surface area contributed by atoms with Crippen LogP contribution in [-0.4, -0.2) is 47.4 Å². The van der Waals surface area contributed by atoms with E-state index >= 15 is 0 Å². The zero-order valence-electron chi connectivity index (χ0n) is 18.0. The molecule has 1 heterocycles. The number of amides is 3. The van der Waals surface area contributed by atoms with Gasteiger partial charge in [0.1, 0.15) is 11.3 Å². The van der Waals surface area contributed by atoms with Crippen molar-refractivity contribution in [3.8, 4) is 5.75 Å². The van der Waals surface area contributed by atoms with Gasteiger partial charge in [0, 0.05) is 18.5 Å². The van der Waals surface area contributed by atoms with Gasteiger partial charge in [-0.2, -0.15) is 0 Å². The zero-order valence-corrected chi connectivity index (χ0v) is 18.7. The third-order valence-corrected chi connectivity index (χ3v) is 6.63. The molecule has 4 rings (SSSR count). The first kappa shape index (κ1) is 22.8. The fraction of sp³-hybridized carbons (Fsp3) is 0.333. The molecular weight excluding hydrogens is 448 g/mol. The highest BCUT2D eigenvalue weighted by molar-refractivity contribution is 6.34. The summed E-state index contributed by atoms with van der Waals surface area (Å²) < 4.78 is 5.12. The largest absolute Gasteiger partial charge is 0.496 e. The number of carboxylic acids is 1. The van der Waals surface area contributed by atoms with Crippen LogP contribution in [0.5, 0.6) is 5.75 Å². The van der Waals surface area contributed by atoms with E-state index in [2.05, 4.69) is 5.32 Å². The molecule has 2 unspecified atom stereocenters. The molecule has 2 N–H and O–H groups in total. The van der Waals surface area contributed by atoms with Crippen molar-refractivity contribution in [2.45, 2.75) is 25.7 Å². The minimum absolute atomic E-state index is 0.0772. The molecule has 0 saturated heterocycles. The molecule has 1 aliphatic heterocycles. The Hall–Kier alpha value is -3.39. The van der Waals surface area contributed by atoms with Gasteiger partial charge in [0.05, 0.1) is 28.9 Å². The number of carboxylic acid groups (broad SMARTS) is 1. The highest BCUT2D eigenvalue weighted by atomic mass is 35.5. The molecule has 2 aliphatic rings. The van der Waals surface area contributed by atoms with E-state index in [0.29, 0.717) is 24.0 Å². The molecule has 0 radical (unpaired) electrons. The molecule has 0 spiro atoms. The minimum Gasteiger partial charge on any atom is -0.496 e. The zero-order chi connectivity index (χ0) is 23.7. The van der Waals surface area contributed by atoms with Crippen LogP contribution in [0.25, 0.3) is 0 Å². The molecule has 33 heavy (non-hydrogen) atoms.